The van der Waals surface area contributed by atoms with Gasteiger partial charge in [-0.3, -0.25) is 18.9 Å². The summed E-state index contributed by atoms with van der Waals surface area (Å²) in [6.07, 6.45) is 3.31. The molecule has 6 nitrogen and oxygen atoms in total. The van der Waals surface area contributed by atoms with Gasteiger partial charge in [-0.05, 0) is 44.4 Å². The van der Waals surface area contributed by atoms with Crippen LogP contribution in [0.15, 0.2) is 28.0 Å². The van der Waals surface area contributed by atoms with Crippen LogP contribution in [-0.2, 0) is 4.79 Å². The predicted octanol–water partition coefficient (Wildman–Crippen LogP) is 3.68. The summed E-state index contributed by atoms with van der Waals surface area (Å²) in [5.41, 5.74) is 1.67. The van der Waals surface area contributed by atoms with E-state index in [9.17, 15) is 9.59 Å². The molecule has 1 aliphatic heterocycles. The zero-order valence-electron chi connectivity index (χ0n) is 16.6. The molecule has 0 radical (unpaired) electrons. The number of aromatic nitrogens is 2. The van der Waals surface area contributed by atoms with Crippen molar-refractivity contribution < 1.29 is 4.79 Å². The minimum atomic E-state index is -0.213. The van der Waals surface area contributed by atoms with Crippen molar-refractivity contribution in [1.29, 1.82) is 0 Å². The SMILES string of the molecule is Cc1cccn2c(=O)c(/C=C3\SC(=S)N(C(C)C)C3=O)c(NCC(C)C)nc12. The van der Waals surface area contributed by atoms with Gasteiger partial charge in [0.25, 0.3) is 11.5 Å². The van der Waals surface area contributed by atoms with Crippen molar-refractivity contribution in [2.75, 3.05) is 11.9 Å². The highest BCUT2D eigenvalue weighted by Crippen LogP contribution is 2.34. The van der Waals surface area contributed by atoms with Crippen LogP contribution >= 0.6 is 24.0 Å². The zero-order valence-corrected chi connectivity index (χ0v) is 18.3. The fraction of sp³-hybridized carbons (Fsp3) is 0.400. The molecule has 1 aliphatic rings. The van der Waals surface area contributed by atoms with E-state index >= 15 is 0 Å². The quantitative estimate of drug-likeness (QED) is 0.592. The summed E-state index contributed by atoms with van der Waals surface area (Å²) in [6, 6.07) is 3.70. The van der Waals surface area contributed by atoms with Crippen LogP contribution in [0.4, 0.5) is 5.82 Å². The van der Waals surface area contributed by atoms with E-state index in [4.69, 9.17) is 12.2 Å². The lowest BCUT2D eigenvalue weighted by molar-refractivity contribution is -0.123. The van der Waals surface area contributed by atoms with Crippen LogP contribution in [-0.4, -0.2) is 37.1 Å². The van der Waals surface area contributed by atoms with Crippen LogP contribution < -0.4 is 10.9 Å². The summed E-state index contributed by atoms with van der Waals surface area (Å²) in [4.78, 5) is 32.7. The van der Waals surface area contributed by atoms with Crippen LogP contribution in [0.1, 0.15) is 38.8 Å². The van der Waals surface area contributed by atoms with Gasteiger partial charge in [-0.25, -0.2) is 4.98 Å². The van der Waals surface area contributed by atoms with E-state index in [1.165, 1.54) is 16.2 Å². The molecule has 1 fully saturated rings. The molecule has 2 aromatic heterocycles. The molecule has 0 bridgehead atoms. The molecule has 3 heterocycles. The minimum Gasteiger partial charge on any atom is -0.369 e. The molecule has 0 atom stereocenters. The molecule has 148 valence electrons. The van der Waals surface area contributed by atoms with E-state index < -0.39 is 0 Å². The second kappa shape index (κ2) is 8.05. The maximum absolute atomic E-state index is 13.2. The lowest BCUT2D eigenvalue weighted by Crippen LogP contribution is -2.34. The molecule has 1 N–H and O–H groups in total. The number of rotatable bonds is 5. The largest absolute Gasteiger partial charge is 0.369 e. The third kappa shape index (κ3) is 3.84. The average Bonchev–Trinajstić information content (AvgIpc) is 2.90. The summed E-state index contributed by atoms with van der Waals surface area (Å²) < 4.78 is 2.03. The highest BCUT2D eigenvalue weighted by Gasteiger charge is 2.34. The Morgan fingerprint density at radius 1 is 1.29 bits per heavy atom. The summed E-state index contributed by atoms with van der Waals surface area (Å²) in [6.45, 7) is 10.6. The lowest BCUT2D eigenvalue weighted by Gasteiger charge is -2.18. The number of thiocarbonyl (C=S) groups is 1. The van der Waals surface area contributed by atoms with Crippen molar-refractivity contribution in [2.45, 2.75) is 40.7 Å². The molecule has 2 aromatic rings. The van der Waals surface area contributed by atoms with Gasteiger partial charge in [0.15, 0.2) is 0 Å². The Morgan fingerprint density at radius 3 is 2.61 bits per heavy atom. The predicted molar refractivity (Wildman–Crippen MR) is 120 cm³/mol. The average molecular weight is 417 g/mol. The van der Waals surface area contributed by atoms with E-state index in [1.54, 1.807) is 17.2 Å². The third-order valence-corrected chi connectivity index (χ3v) is 5.71. The lowest BCUT2D eigenvalue weighted by atomic mass is 10.2. The zero-order chi connectivity index (χ0) is 20.6. The maximum atomic E-state index is 13.2. The fourth-order valence-electron chi connectivity index (χ4n) is 2.93. The summed E-state index contributed by atoms with van der Waals surface area (Å²) in [5.74, 6) is 0.695. The molecular weight excluding hydrogens is 392 g/mol. The molecule has 1 saturated heterocycles. The van der Waals surface area contributed by atoms with Gasteiger partial charge in [0.2, 0.25) is 0 Å². The first-order chi connectivity index (χ1) is 13.2. The molecule has 0 unspecified atom stereocenters. The van der Waals surface area contributed by atoms with E-state index in [0.29, 0.717) is 38.7 Å². The third-order valence-electron chi connectivity index (χ3n) is 4.38. The Hall–Kier alpha value is -2.19. The molecule has 0 aliphatic carbocycles. The number of carbonyl (C=O) groups excluding carboxylic acids is 1. The van der Waals surface area contributed by atoms with Gasteiger partial charge in [0, 0.05) is 18.8 Å². The number of hydrogen-bond donors (Lipinski definition) is 1. The first-order valence-corrected chi connectivity index (χ1v) is 10.5. The number of nitrogens with zero attached hydrogens (tertiary/aromatic N) is 3. The number of thioether (sulfide) groups is 1. The number of amides is 1. The fourth-order valence-corrected chi connectivity index (χ4v) is 4.44. The van der Waals surface area contributed by atoms with Crippen LogP contribution in [0.3, 0.4) is 0 Å². The van der Waals surface area contributed by atoms with E-state index in [2.05, 4.69) is 24.1 Å². The van der Waals surface area contributed by atoms with Crippen molar-refractivity contribution in [3.63, 3.8) is 0 Å². The molecular formula is C20H24N4O2S2. The van der Waals surface area contributed by atoms with Crippen molar-refractivity contribution in [1.82, 2.24) is 14.3 Å². The van der Waals surface area contributed by atoms with Crippen LogP contribution in [0.25, 0.3) is 11.7 Å². The standard InChI is InChI=1S/C20H24N4O2S2/c1-11(2)10-21-16-14(9-15-19(26)24(12(3)4)20(27)28-15)18(25)23-8-6-7-13(5)17(23)22-16/h6-9,11-12,21H,10H2,1-5H3/b15-9-. The van der Waals surface area contributed by atoms with Gasteiger partial charge < -0.3 is 5.32 Å². The van der Waals surface area contributed by atoms with Gasteiger partial charge in [-0.2, -0.15) is 0 Å². The van der Waals surface area contributed by atoms with Crippen LogP contribution in [0, 0.1) is 12.8 Å². The monoisotopic (exact) mass is 416 g/mol. The number of carbonyl (C=O) groups is 1. The van der Waals surface area contributed by atoms with Crippen molar-refractivity contribution in [3.8, 4) is 0 Å². The molecule has 3 rings (SSSR count). The molecule has 8 heteroatoms. The normalized spacial score (nSPS) is 16.2. The number of hydrogen-bond acceptors (Lipinski definition) is 6. The maximum Gasteiger partial charge on any atom is 0.267 e. The second-order valence-corrected chi connectivity index (χ2v) is 9.16. The van der Waals surface area contributed by atoms with Crippen molar-refractivity contribution in [3.05, 3.63) is 44.7 Å². The Labute approximate surface area is 174 Å². The highest BCUT2D eigenvalue weighted by molar-refractivity contribution is 8.26. The van der Waals surface area contributed by atoms with Crippen LogP contribution in [0.2, 0.25) is 0 Å². The first kappa shape index (κ1) is 20.5. The Morgan fingerprint density at radius 2 is 2.00 bits per heavy atom. The molecule has 0 spiro atoms. The number of nitrogens with one attached hydrogen (secondary N) is 1. The minimum absolute atomic E-state index is 0.0320. The van der Waals surface area contributed by atoms with Gasteiger partial charge in [0.05, 0.1) is 10.5 Å². The highest BCUT2D eigenvalue weighted by atomic mass is 32.2. The van der Waals surface area contributed by atoms with E-state index in [-0.39, 0.29) is 17.5 Å². The Kier molecular flexibility index (Phi) is 5.90. The second-order valence-electron chi connectivity index (χ2n) is 7.48. The summed E-state index contributed by atoms with van der Waals surface area (Å²) >= 11 is 6.57. The Balaban J connectivity index is 2.17. The molecule has 0 aromatic carbocycles. The topological polar surface area (TPSA) is 66.7 Å². The number of fused-ring (bicyclic) bond motifs is 1. The number of anilines is 1. The molecule has 28 heavy (non-hydrogen) atoms. The van der Waals surface area contributed by atoms with Crippen LogP contribution in [0.5, 0.6) is 0 Å². The smallest absolute Gasteiger partial charge is 0.267 e. The van der Waals surface area contributed by atoms with E-state index in [0.717, 1.165) is 5.56 Å². The first-order valence-electron chi connectivity index (χ1n) is 9.23. The number of pyridine rings is 1. The van der Waals surface area contributed by atoms with Crippen molar-refractivity contribution >= 4 is 51.7 Å². The summed E-state index contributed by atoms with van der Waals surface area (Å²) in [5, 5.41) is 3.27. The van der Waals surface area contributed by atoms with Gasteiger partial charge >= 0.3 is 0 Å². The van der Waals surface area contributed by atoms with Gasteiger partial charge in [-0.15, -0.1) is 0 Å². The summed E-state index contributed by atoms with van der Waals surface area (Å²) in [7, 11) is 0. The molecule has 0 saturated carbocycles. The van der Waals surface area contributed by atoms with E-state index in [1.807, 2.05) is 32.9 Å². The van der Waals surface area contributed by atoms with Gasteiger partial charge in [-0.1, -0.05) is 43.9 Å². The molecule has 1 amide bonds. The van der Waals surface area contributed by atoms with Gasteiger partial charge in [0.1, 0.15) is 15.8 Å². The van der Waals surface area contributed by atoms with Crippen molar-refractivity contribution in [2.24, 2.45) is 5.92 Å². The number of aryl methyl sites for hydroxylation is 1. The Bertz CT molecular complexity index is 1040.